The van der Waals surface area contributed by atoms with Gasteiger partial charge in [-0.1, -0.05) is 17.7 Å². The lowest BCUT2D eigenvalue weighted by Crippen LogP contribution is -1.90. The lowest BCUT2D eigenvalue weighted by atomic mass is 10.2. The Kier molecular flexibility index (Phi) is 5.12. The van der Waals surface area contributed by atoms with Crippen LogP contribution >= 0.6 is 55.1 Å². The minimum Gasteiger partial charge on any atom is -0.455 e. The van der Waals surface area contributed by atoms with Gasteiger partial charge in [-0.2, -0.15) is 0 Å². The standard InChI is InChI=1S/C13H7Br2Cl2FO/c14-8-3-7(6-16)1-2-12(8)19-13-5-11(18)10(17)4-9(13)15/h1-5H,6H2. The van der Waals surface area contributed by atoms with Crippen LogP contribution in [0.3, 0.4) is 0 Å². The summed E-state index contributed by atoms with van der Waals surface area (Å²) in [6.07, 6.45) is 0. The number of hydrogen-bond acceptors (Lipinski definition) is 1. The summed E-state index contributed by atoms with van der Waals surface area (Å²) in [6, 6.07) is 8.14. The van der Waals surface area contributed by atoms with Crippen LogP contribution in [0.2, 0.25) is 5.02 Å². The van der Waals surface area contributed by atoms with Gasteiger partial charge in [0.1, 0.15) is 17.3 Å². The number of ether oxygens (including phenoxy) is 1. The molecule has 0 atom stereocenters. The highest BCUT2D eigenvalue weighted by molar-refractivity contribution is 9.11. The van der Waals surface area contributed by atoms with Crippen molar-refractivity contribution in [2.75, 3.05) is 0 Å². The molecule has 6 heteroatoms. The second kappa shape index (κ2) is 6.44. The molecule has 0 saturated heterocycles. The second-order valence-electron chi connectivity index (χ2n) is 3.70. The topological polar surface area (TPSA) is 9.23 Å². The zero-order valence-corrected chi connectivity index (χ0v) is 14.1. The molecule has 0 unspecified atom stereocenters. The highest BCUT2D eigenvalue weighted by Gasteiger charge is 2.11. The molecule has 2 aromatic rings. The summed E-state index contributed by atoms with van der Waals surface area (Å²) in [7, 11) is 0. The van der Waals surface area contributed by atoms with E-state index in [4.69, 9.17) is 27.9 Å². The van der Waals surface area contributed by atoms with Gasteiger partial charge in [0, 0.05) is 11.9 Å². The van der Waals surface area contributed by atoms with E-state index >= 15 is 0 Å². The summed E-state index contributed by atoms with van der Waals surface area (Å²) in [4.78, 5) is 0. The molecule has 0 radical (unpaired) electrons. The lowest BCUT2D eigenvalue weighted by molar-refractivity contribution is 0.470. The van der Waals surface area contributed by atoms with Gasteiger partial charge in [-0.25, -0.2) is 4.39 Å². The van der Waals surface area contributed by atoms with Crippen molar-refractivity contribution in [1.29, 1.82) is 0 Å². The van der Waals surface area contributed by atoms with Gasteiger partial charge in [-0.05, 0) is 55.6 Å². The first-order chi connectivity index (χ1) is 9.01. The van der Waals surface area contributed by atoms with Crippen LogP contribution in [0.25, 0.3) is 0 Å². The molecule has 0 bridgehead atoms. The Balaban J connectivity index is 2.33. The zero-order chi connectivity index (χ0) is 14.0. The highest BCUT2D eigenvalue weighted by atomic mass is 79.9. The Morgan fingerprint density at radius 3 is 2.37 bits per heavy atom. The van der Waals surface area contributed by atoms with Gasteiger partial charge in [0.15, 0.2) is 0 Å². The summed E-state index contributed by atoms with van der Waals surface area (Å²) in [5.74, 6) is 0.795. The molecule has 0 N–H and O–H groups in total. The fourth-order valence-electron chi connectivity index (χ4n) is 1.41. The first-order valence-electron chi connectivity index (χ1n) is 5.18. The van der Waals surface area contributed by atoms with E-state index in [0.29, 0.717) is 21.9 Å². The third-order valence-corrected chi connectivity index (χ3v) is 4.18. The molecule has 0 fully saturated rings. The van der Waals surface area contributed by atoms with Crippen molar-refractivity contribution < 1.29 is 9.13 Å². The van der Waals surface area contributed by atoms with E-state index in [1.165, 1.54) is 12.1 Å². The molecule has 0 aliphatic carbocycles. The van der Waals surface area contributed by atoms with Crippen molar-refractivity contribution in [3.05, 3.63) is 55.7 Å². The molecular weight excluding hydrogens is 422 g/mol. The third-order valence-electron chi connectivity index (χ3n) is 2.35. The first kappa shape index (κ1) is 15.1. The van der Waals surface area contributed by atoms with Crippen molar-refractivity contribution >= 4 is 55.1 Å². The minimum atomic E-state index is -0.534. The number of hydrogen-bond donors (Lipinski definition) is 0. The maximum atomic E-state index is 13.4. The van der Waals surface area contributed by atoms with Gasteiger partial charge >= 0.3 is 0 Å². The van der Waals surface area contributed by atoms with Crippen LogP contribution in [0.1, 0.15) is 5.56 Å². The molecule has 2 rings (SSSR count). The Hall–Kier alpha value is -0.290. The van der Waals surface area contributed by atoms with Crippen molar-refractivity contribution in [3.8, 4) is 11.5 Å². The highest BCUT2D eigenvalue weighted by Crippen LogP contribution is 2.36. The number of benzene rings is 2. The molecule has 0 aliphatic rings. The summed E-state index contributed by atoms with van der Waals surface area (Å²) < 4.78 is 20.4. The van der Waals surface area contributed by atoms with Gasteiger partial charge in [0.2, 0.25) is 0 Å². The van der Waals surface area contributed by atoms with Crippen LogP contribution in [-0.4, -0.2) is 0 Å². The van der Waals surface area contributed by atoms with Crippen LogP contribution in [0.15, 0.2) is 39.3 Å². The Bertz CT molecular complexity index is 620. The fourth-order valence-corrected chi connectivity index (χ4v) is 2.80. The van der Waals surface area contributed by atoms with E-state index in [0.717, 1.165) is 10.0 Å². The van der Waals surface area contributed by atoms with Gasteiger partial charge in [0.25, 0.3) is 0 Å². The molecular formula is C13H7Br2Cl2FO. The van der Waals surface area contributed by atoms with Crippen molar-refractivity contribution in [1.82, 2.24) is 0 Å². The van der Waals surface area contributed by atoms with E-state index in [1.807, 2.05) is 12.1 Å². The van der Waals surface area contributed by atoms with Gasteiger partial charge in [-0.3, -0.25) is 0 Å². The molecule has 2 aromatic carbocycles. The van der Waals surface area contributed by atoms with Crippen LogP contribution in [0.5, 0.6) is 11.5 Å². The summed E-state index contributed by atoms with van der Waals surface area (Å²) in [5.41, 5.74) is 0.960. The van der Waals surface area contributed by atoms with E-state index in [1.54, 1.807) is 6.07 Å². The number of alkyl halides is 1. The maximum Gasteiger partial charge on any atom is 0.145 e. The van der Waals surface area contributed by atoms with Crippen molar-refractivity contribution in [3.63, 3.8) is 0 Å². The Morgan fingerprint density at radius 1 is 1.05 bits per heavy atom. The predicted molar refractivity (Wildman–Crippen MR) is 82.9 cm³/mol. The molecule has 19 heavy (non-hydrogen) atoms. The molecule has 0 aliphatic heterocycles. The molecule has 1 nitrogen and oxygen atoms in total. The van der Waals surface area contributed by atoms with Gasteiger partial charge < -0.3 is 4.74 Å². The second-order valence-corrected chi connectivity index (χ2v) is 6.08. The molecule has 0 amide bonds. The normalized spacial score (nSPS) is 10.6. The smallest absolute Gasteiger partial charge is 0.145 e. The first-order valence-corrected chi connectivity index (χ1v) is 7.68. The van der Waals surface area contributed by atoms with Crippen LogP contribution in [-0.2, 0) is 5.88 Å². The van der Waals surface area contributed by atoms with Crippen LogP contribution < -0.4 is 4.74 Å². The predicted octanol–water partition coefficient (Wildman–Crippen LogP) is 6.54. The fraction of sp³-hybridized carbons (Fsp3) is 0.0769. The van der Waals surface area contributed by atoms with Crippen molar-refractivity contribution in [2.24, 2.45) is 0 Å². The number of halogens is 5. The van der Waals surface area contributed by atoms with Crippen molar-refractivity contribution in [2.45, 2.75) is 5.88 Å². The molecule has 100 valence electrons. The van der Waals surface area contributed by atoms with Gasteiger partial charge in [-0.15, -0.1) is 11.6 Å². The van der Waals surface area contributed by atoms with Crippen LogP contribution in [0, 0.1) is 5.82 Å². The van der Waals surface area contributed by atoms with E-state index in [2.05, 4.69) is 31.9 Å². The molecule has 0 heterocycles. The summed E-state index contributed by atoms with van der Waals surface area (Å²) in [5, 5.41) is 0.0378. The Labute approximate surface area is 136 Å². The molecule has 0 saturated carbocycles. The summed E-state index contributed by atoms with van der Waals surface area (Å²) in [6.45, 7) is 0. The van der Waals surface area contributed by atoms with E-state index in [-0.39, 0.29) is 5.02 Å². The lowest BCUT2D eigenvalue weighted by Gasteiger charge is -2.11. The van der Waals surface area contributed by atoms with E-state index < -0.39 is 5.82 Å². The summed E-state index contributed by atoms with van der Waals surface area (Å²) >= 11 is 18.1. The average molecular weight is 429 g/mol. The molecule has 0 spiro atoms. The quantitative estimate of drug-likeness (QED) is 0.398. The van der Waals surface area contributed by atoms with Gasteiger partial charge in [0.05, 0.1) is 14.0 Å². The number of rotatable bonds is 3. The largest absolute Gasteiger partial charge is 0.455 e. The monoisotopic (exact) mass is 426 g/mol. The average Bonchev–Trinajstić information content (AvgIpc) is 2.38. The maximum absolute atomic E-state index is 13.4. The van der Waals surface area contributed by atoms with E-state index in [9.17, 15) is 4.39 Å². The zero-order valence-electron chi connectivity index (χ0n) is 9.39. The SMILES string of the molecule is Fc1cc(Oc2ccc(CCl)cc2Br)c(Br)cc1Cl. The van der Waals surface area contributed by atoms with Crippen LogP contribution in [0.4, 0.5) is 4.39 Å². The Morgan fingerprint density at radius 2 is 1.74 bits per heavy atom. The third kappa shape index (κ3) is 3.63. The minimum absolute atomic E-state index is 0.0378. The molecule has 0 aromatic heterocycles.